The number of hydrogen-bond donors (Lipinski definition) is 1. The number of aryl methyl sites for hydroxylation is 2. The minimum atomic E-state index is -1.00. The molecule has 2 aromatic heterocycles. The van der Waals surface area contributed by atoms with Gasteiger partial charge in [-0.2, -0.15) is 5.10 Å². The van der Waals surface area contributed by atoms with Gasteiger partial charge in [-0.1, -0.05) is 0 Å². The average Bonchev–Trinajstić information content (AvgIpc) is 2.98. The molecule has 0 atom stereocenters. The molecule has 0 unspecified atom stereocenters. The van der Waals surface area contributed by atoms with Crippen molar-refractivity contribution in [2.24, 2.45) is 7.05 Å². The molecule has 0 aliphatic carbocycles. The predicted molar refractivity (Wildman–Crippen MR) is 75.5 cm³/mol. The fraction of sp³-hybridized carbons (Fsp3) is 0.200. The van der Waals surface area contributed by atoms with Crippen LogP contribution in [0.5, 0.6) is 5.75 Å². The molecule has 0 amide bonds. The maximum Gasteiger partial charge on any atom is 0.339 e. The molecule has 0 radical (unpaired) electrons. The highest BCUT2D eigenvalue weighted by atomic mass is 16.5. The zero-order chi connectivity index (χ0) is 15.0. The highest BCUT2D eigenvalue weighted by Gasteiger charge is 2.17. The minimum Gasteiger partial charge on any atom is -0.487 e. The topological polar surface area (TPSA) is 77.5 Å². The van der Waals surface area contributed by atoms with Crippen molar-refractivity contribution < 1.29 is 19.1 Å². The Balaban J connectivity index is 1.91. The molecule has 6 nitrogen and oxygen atoms in total. The van der Waals surface area contributed by atoms with Crippen LogP contribution in [0.15, 0.2) is 34.9 Å². The molecule has 3 aromatic rings. The molecular weight excluding hydrogens is 272 g/mol. The van der Waals surface area contributed by atoms with Gasteiger partial charge in [0.2, 0.25) is 0 Å². The Morgan fingerprint density at radius 1 is 1.43 bits per heavy atom. The maximum absolute atomic E-state index is 11.3. The number of carboxylic acids is 1. The highest BCUT2D eigenvalue weighted by Crippen LogP contribution is 2.29. The molecule has 0 aliphatic rings. The lowest BCUT2D eigenvalue weighted by atomic mass is 10.1. The van der Waals surface area contributed by atoms with Gasteiger partial charge < -0.3 is 14.3 Å². The van der Waals surface area contributed by atoms with Gasteiger partial charge in [-0.05, 0) is 31.2 Å². The summed E-state index contributed by atoms with van der Waals surface area (Å²) in [6.45, 7) is 2.00. The quantitative estimate of drug-likeness (QED) is 0.798. The molecule has 1 N–H and O–H groups in total. The van der Waals surface area contributed by atoms with Crippen LogP contribution in [0.3, 0.4) is 0 Å². The molecule has 1 aromatic carbocycles. The zero-order valence-electron chi connectivity index (χ0n) is 11.7. The summed E-state index contributed by atoms with van der Waals surface area (Å²) in [6, 6.07) is 7.02. The van der Waals surface area contributed by atoms with Crippen LogP contribution in [0.2, 0.25) is 0 Å². The van der Waals surface area contributed by atoms with E-state index < -0.39 is 5.97 Å². The first-order chi connectivity index (χ1) is 10.1. The Kier molecular flexibility index (Phi) is 3.13. The summed E-state index contributed by atoms with van der Waals surface area (Å²) < 4.78 is 12.8. The van der Waals surface area contributed by atoms with E-state index in [0.29, 0.717) is 29.1 Å². The monoisotopic (exact) mass is 286 g/mol. The number of fused-ring (bicyclic) bond motifs is 1. The lowest BCUT2D eigenvalue weighted by Gasteiger charge is -2.06. The van der Waals surface area contributed by atoms with Crippen molar-refractivity contribution in [1.29, 1.82) is 0 Å². The summed E-state index contributed by atoms with van der Waals surface area (Å²) in [4.78, 5) is 11.3. The fourth-order valence-electron chi connectivity index (χ4n) is 2.25. The largest absolute Gasteiger partial charge is 0.487 e. The van der Waals surface area contributed by atoms with Crippen molar-refractivity contribution in [3.05, 3.63) is 47.5 Å². The third-order valence-electron chi connectivity index (χ3n) is 3.36. The highest BCUT2D eigenvalue weighted by molar-refractivity contribution is 6.03. The number of hydrogen-bond acceptors (Lipinski definition) is 4. The van der Waals surface area contributed by atoms with Crippen molar-refractivity contribution in [1.82, 2.24) is 9.78 Å². The summed E-state index contributed by atoms with van der Waals surface area (Å²) in [7, 11) is 1.84. The number of nitrogens with zero attached hydrogens (tertiary/aromatic N) is 2. The van der Waals surface area contributed by atoms with Gasteiger partial charge in [-0.15, -0.1) is 0 Å². The summed E-state index contributed by atoms with van der Waals surface area (Å²) in [5.74, 6) is -0.0247. The van der Waals surface area contributed by atoms with Crippen LogP contribution in [0.25, 0.3) is 11.0 Å². The van der Waals surface area contributed by atoms with E-state index in [1.165, 1.54) is 0 Å². The number of carboxylic acid groups (broad SMARTS) is 1. The number of aromatic nitrogens is 2. The molecule has 0 saturated carbocycles. The SMILES string of the molecule is Cc1oc2ccc(OCc3ccnn3C)cc2c1C(=O)O. The zero-order valence-corrected chi connectivity index (χ0v) is 11.7. The van der Waals surface area contributed by atoms with E-state index >= 15 is 0 Å². The molecule has 108 valence electrons. The Morgan fingerprint density at radius 2 is 2.24 bits per heavy atom. The number of ether oxygens (including phenoxy) is 1. The summed E-state index contributed by atoms with van der Waals surface area (Å²) in [5, 5.41) is 13.9. The predicted octanol–water partition coefficient (Wildman–Crippen LogP) is 2.75. The number of carbonyl (C=O) groups is 1. The first-order valence-corrected chi connectivity index (χ1v) is 6.42. The fourth-order valence-corrected chi connectivity index (χ4v) is 2.25. The Morgan fingerprint density at radius 3 is 2.90 bits per heavy atom. The second-order valence-corrected chi connectivity index (χ2v) is 4.73. The summed E-state index contributed by atoms with van der Waals surface area (Å²) in [5.41, 5.74) is 1.64. The van der Waals surface area contributed by atoms with E-state index in [4.69, 9.17) is 9.15 Å². The van der Waals surface area contributed by atoms with E-state index in [2.05, 4.69) is 5.10 Å². The van der Waals surface area contributed by atoms with Crippen LogP contribution in [-0.4, -0.2) is 20.9 Å². The molecule has 0 saturated heterocycles. The van der Waals surface area contributed by atoms with Gasteiger partial charge in [0.25, 0.3) is 0 Å². The van der Waals surface area contributed by atoms with Crippen LogP contribution >= 0.6 is 0 Å². The Labute approximate surface area is 120 Å². The summed E-state index contributed by atoms with van der Waals surface area (Å²) >= 11 is 0. The standard InChI is InChI=1S/C15H14N2O4/c1-9-14(15(18)19)12-7-11(3-4-13(12)21-9)20-8-10-5-6-16-17(10)2/h3-7H,8H2,1-2H3,(H,18,19). The molecule has 0 bridgehead atoms. The number of furan rings is 1. The van der Waals surface area contributed by atoms with Gasteiger partial charge in [0.05, 0.1) is 5.69 Å². The molecular formula is C15H14N2O4. The smallest absolute Gasteiger partial charge is 0.339 e. The second-order valence-electron chi connectivity index (χ2n) is 4.73. The minimum absolute atomic E-state index is 0.177. The molecule has 3 rings (SSSR count). The van der Waals surface area contributed by atoms with Crippen LogP contribution in [0.4, 0.5) is 0 Å². The van der Waals surface area contributed by atoms with Crippen LogP contribution in [-0.2, 0) is 13.7 Å². The van der Waals surface area contributed by atoms with Crippen LogP contribution in [0, 0.1) is 6.92 Å². The number of aromatic carboxylic acids is 1. The van der Waals surface area contributed by atoms with Crippen molar-refractivity contribution in [2.75, 3.05) is 0 Å². The number of benzene rings is 1. The van der Waals surface area contributed by atoms with Crippen molar-refractivity contribution in [3.8, 4) is 5.75 Å². The van der Waals surface area contributed by atoms with Crippen molar-refractivity contribution >= 4 is 16.9 Å². The van der Waals surface area contributed by atoms with Crippen molar-refractivity contribution in [3.63, 3.8) is 0 Å². The van der Waals surface area contributed by atoms with E-state index in [1.807, 2.05) is 13.1 Å². The Hall–Kier alpha value is -2.76. The average molecular weight is 286 g/mol. The first-order valence-electron chi connectivity index (χ1n) is 6.42. The Bertz CT molecular complexity index is 816. The third-order valence-corrected chi connectivity index (χ3v) is 3.36. The van der Waals surface area contributed by atoms with E-state index in [1.54, 1.807) is 36.0 Å². The summed E-state index contributed by atoms with van der Waals surface area (Å²) in [6.07, 6.45) is 1.70. The van der Waals surface area contributed by atoms with Crippen LogP contribution < -0.4 is 4.74 Å². The second kappa shape index (κ2) is 4.97. The van der Waals surface area contributed by atoms with Gasteiger partial charge in [-0.3, -0.25) is 4.68 Å². The normalized spacial score (nSPS) is 11.0. The van der Waals surface area contributed by atoms with Gasteiger partial charge in [0.15, 0.2) is 0 Å². The van der Waals surface area contributed by atoms with Crippen LogP contribution in [0.1, 0.15) is 21.8 Å². The molecule has 21 heavy (non-hydrogen) atoms. The van der Waals surface area contributed by atoms with E-state index in [-0.39, 0.29) is 5.56 Å². The molecule has 0 fully saturated rings. The van der Waals surface area contributed by atoms with Gasteiger partial charge >= 0.3 is 5.97 Å². The molecule has 2 heterocycles. The van der Waals surface area contributed by atoms with Gasteiger partial charge in [0, 0.05) is 18.6 Å². The lowest BCUT2D eigenvalue weighted by molar-refractivity contribution is 0.0697. The van der Waals surface area contributed by atoms with Crippen molar-refractivity contribution in [2.45, 2.75) is 13.5 Å². The van der Waals surface area contributed by atoms with E-state index in [0.717, 1.165) is 5.69 Å². The van der Waals surface area contributed by atoms with Gasteiger partial charge in [0.1, 0.15) is 29.3 Å². The maximum atomic E-state index is 11.3. The molecule has 6 heteroatoms. The van der Waals surface area contributed by atoms with Gasteiger partial charge in [-0.25, -0.2) is 4.79 Å². The number of rotatable bonds is 4. The van der Waals surface area contributed by atoms with E-state index in [9.17, 15) is 9.90 Å². The lowest BCUT2D eigenvalue weighted by Crippen LogP contribution is -2.03. The first kappa shape index (κ1) is 13.2. The third kappa shape index (κ3) is 2.35. The molecule has 0 aliphatic heterocycles. The molecule has 0 spiro atoms.